The van der Waals surface area contributed by atoms with Crippen LogP contribution in [0.2, 0.25) is 5.02 Å². The first-order chi connectivity index (χ1) is 16.3. The number of halogens is 1. The maximum absolute atomic E-state index is 13.3. The summed E-state index contributed by atoms with van der Waals surface area (Å²) in [7, 11) is -4.02. The van der Waals surface area contributed by atoms with E-state index in [9.17, 15) is 18.0 Å². The number of esters is 1. The summed E-state index contributed by atoms with van der Waals surface area (Å²) in [6, 6.07) is 20.3. The molecule has 0 atom stereocenters. The molecule has 178 valence electrons. The number of benzene rings is 3. The van der Waals surface area contributed by atoms with Crippen molar-refractivity contribution >= 4 is 44.9 Å². The molecule has 0 radical (unpaired) electrons. The number of hydrogen-bond donors (Lipinski definition) is 1. The summed E-state index contributed by atoms with van der Waals surface area (Å²) in [5.74, 6) is -0.984. The average molecular weight is 501 g/mol. The van der Waals surface area contributed by atoms with Gasteiger partial charge in [-0.3, -0.25) is 9.10 Å². The number of carbonyl (C=O) groups excluding carboxylic acids is 2. The second kappa shape index (κ2) is 11.7. The minimum Gasteiger partial charge on any atom is -0.462 e. The molecule has 0 bridgehead atoms. The Kier molecular flexibility index (Phi) is 8.67. The zero-order chi connectivity index (χ0) is 24.6. The summed E-state index contributed by atoms with van der Waals surface area (Å²) < 4.78 is 32.8. The predicted octanol–water partition coefficient (Wildman–Crippen LogP) is 5.13. The largest absolute Gasteiger partial charge is 0.462 e. The van der Waals surface area contributed by atoms with Crippen molar-refractivity contribution in [1.29, 1.82) is 0 Å². The molecule has 0 aliphatic carbocycles. The summed E-state index contributed by atoms with van der Waals surface area (Å²) in [5.41, 5.74) is 1.08. The molecule has 3 aromatic rings. The van der Waals surface area contributed by atoms with Gasteiger partial charge in [0.05, 0.1) is 22.8 Å². The number of nitrogens with one attached hydrogen (secondary N) is 1. The highest BCUT2D eigenvalue weighted by Gasteiger charge is 2.27. The van der Waals surface area contributed by atoms with E-state index in [1.54, 1.807) is 54.6 Å². The van der Waals surface area contributed by atoms with Gasteiger partial charge in [-0.2, -0.15) is 0 Å². The smallest absolute Gasteiger partial charge is 0.338 e. The van der Waals surface area contributed by atoms with Gasteiger partial charge in [0.25, 0.3) is 10.0 Å². The molecular weight excluding hydrogens is 476 g/mol. The summed E-state index contributed by atoms with van der Waals surface area (Å²) in [6.07, 6.45) is 1.71. The van der Waals surface area contributed by atoms with E-state index in [2.05, 4.69) is 5.32 Å². The minimum atomic E-state index is -4.02. The van der Waals surface area contributed by atoms with Crippen LogP contribution in [0.5, 0.6) is 0 Å². The van der Waals surface area contributed by atoms with E-state index < -0.39 is 28.4 Å². The number of nitrogens with zero attached hydrogens (tertiary/aromatic N) is 1. The third-order valence-corrected chi connectivity index (χ3v) is 6.91. The fourth-order valence-electron chi connectivity index (χ4n) is 3.06. The molecule has 0 aliphatic heterocycles. The van der Waals surface area contributed by atoms with Gasteiger partial charge in [-0.25, -0.2) is 13.2 Å². The molecule has 0 aromatic heterocycles. The van der Waals surface area contributed by atoms with Crippen LogP contribution >= 0.6 is 11.6 Å². The van der Waals surface area contributed by atoms with Crippen LogP contribution in [0.25, 0.3) is 0 Å². The van der Waals surface area contributed by atoms with Crippen molar-refractivity contribution in [2.45, 2.75) is 24.7 Å². The fourth-order valence-corrected chi connectivity index (χ4v) is 4.62. The zero-order valence-corrected chi connectivity index (χ0v) is 20.2. The topological polar surface area (TPSA) is 92.8 Å². The number of amides is 1. The first-order valence-electron chi connectivity index (χ1n) is 10.7. The highest BCUT2D eigenvalue weighted by Crippen LogP contribution is 2.25. The minimum absolute atomic E-state index is 0.0590. The normalized spacial score (nSPS) is 11.0. The molecule has 1 N–H and O–H groups in total. The third-order valence-electron chi connectivity index (χ3n) is 4.87. The second-order valence-corrected chi connectivity index (χ2v) is 9.71. The van der Waals surface area contributed by atoms with Crippen LogP contribution in [0.15, 0.2) is 83.8 Å². The lowest BCUT2D eigenvalue weighted by Crippen LogP contribution is -2.38. The van der Waals surface area contributed by atoms with Gasteiger partial charge in [0.2, 0.25) is 5.91 Å². The fraction of sp³-hybridized carbons (Fsp3) is 0.200. The summed E-state index contributed by atoms with van der Waals surface area (Å²) in [5, 5.41) is 3.12. The van der Waals surface area contributed by atoms with E-state index in [0.717, 1.165) is 17.1 Å². The van der Waals surface area contributed by atoms with E-state index in [4.69, 9.17) is 16.3 Å². The van der Waals surface area contributed by atoms with Gasteiger partial charge >= 0.3 is 5.97 Å². The maximum Gasteiger partial charge on any atom is 0.338 e. The number of anilines is 2. The Bertz CT molecular complexity index is 1210. The number of sulfonamides is 1. The first-order valence-corrected chi connectivity index (χ1v) is 12.5. The van der Waals surface area contributed by atoms with Crippen LogP contribution in [-0.2, 0) is 19.6 Å². The molecule has 34 heavy (non-hydrogen) atoms. The van der Waals surface area contributed by atoms with Gasteiger partial charge < -0.3 is 10.1 Å². The summed E-state index contributed by atoms with van der Waals surface area (Å²) in [4.78, 5) is 24.9. The molecule has 7 nitrogen and oxygen atoms in total. The Labute approximate surface area is 204 Å². The van der Waals surface area contributed by atoms with Crippen molar-refractivity contribution in [1.82, 2.24) is 0 Å². The number of unbranched alkanes of at least 4 members (excludes halogenated alkanes) is 1. The summed E-state index contributed by atoms with van der Waals surface area (Å²) in [6.45, 7) is 1.90. The van der Waals surface area contributed by atoms with Crippen LogP contribution in [0, 0.1) is 0 Å². The van der Waals surface area contributed by atoms with Crippen molar-refractivity contribution in [2.24, 2.45) is 0 Å². The molecule has 0 unspecified atom stereocenters. The standard InChI is InChI=1S/C25H25ClN2O5S/c1-2-3-17-33-25(30)19-9-13-21(14-10-19)27-24(29)18-28(22-15-11-20(26)12-16-22)34(31,32)23-7-5-4-6-8-23/h4-16H,2-3,17-18H2,1H3,(H,27,29). The molecule has 0 saturated heterocycles. The van der Waals surface area contributed by atoms with Crippen LogP contribution in [-0.4, -0.2) is 33.4 Å². The Morgan fingerprint density at radius 2 is 1.59 bits per heavy atom. The molecule has 9 heteroatoms. The maximum atomic E-state index is 13.3. The van der Waals surface area contributed by atoms with Crippen molar-refractivity contribution in [3.8, 4) is 0 Å². The van der Waals surface area contributed by atoms with Gasteiger partial charge in [0.1, 0.15) is 6.54 Å². The lowest BCUT2D eigenvalue weighted by molar-refractivity contribution is -0.114. The molecule has 3 aromatic carbocycles. The molecule has 0 heterocycles. The average Bonchev–Trinajstić information content (AvgIpc) is 2.84. The Hall–Kier alpha value is -3.36. The number of ether oxygens (including phenoxy) is 1. The van der Waals surface area contributed by atoms with Gasteiger partial charge in [-0.15, -0.1) is 0 Å². The van der Waals surface area contributed by atoms with Gasteiger partial charge in [-0.1, -0.05) is 43.1 Å². The SMILES string of the molecule is CCCCOC(=O)c1ccc(NC(=O)CN(c2ccc(Cl)cc2)S(=O)(=O)c2ccccc2)cc1. The van der Waals surface area contributed by atoms with Crippen molar-refractivity contribution < 1.29 is 22.7 Å². The highest BCUT2D eigenvalue weighted by molar-refractivity contribution is 7.92. The Morgan fingerprint density at radius 1 is 0.941 bits per heavy atom. The van der Waals surface area contributed by atoms with Crippen LogP contribution in [0.1, 0.15) is 30.1 Å². The first kappa shape index (κ1) is 25.3. The molecule has 1 amide bonds. The van der Waals surface area contributed by atoms with Gasteiger partial charge in [0.15, 0.2) is 0 Å². The lowest BCUT2D eigenvalue weighted by atomic mass is 10.2. The van der Waals surface area contributed by atoms with E-state index in [1.807, 2.05) is 6.92 Å². The number of rotatable bonds is 10. The van der Waals surface area contributed by atoms with Gasteiger partial charge in [-0.05, 0) is 67.1 Å². The molecule has 3 rings (SSSR count). The molecule has 0 saturated carbocycles. The predicted molar refractivity (Wildman–Crippen MR) is 133 cm³/mol. The quantitative estimate of drug-likeness (QED) is 0.307. The lowest BCUT2D eigenvalue weighted by Gasteiger charge is -2.24. The van der Waals surface area contributed by atoms with Crippen LogP contribution < -0.4 is 9.62 Å². The molecular formula is C25H25ClN2O5S. The van der Waals surface area contributed by atoms with Crippen LogP contribution in [0.4, 0.5) is 11.4 Å². The number of carbonyl (C=O) groups is 2. The van der Waals surface area contributed by atoms with E-state index in [-0.39, 0.29) is 4.90 Å². The van der Waals surface area contributed by atoms with E-state index >= 15 is 0 Å². The monoisotopic (exact) mass is 500 g/mol. The molecule has 0 aliphatic rings. The second-order valence-electron chi connectivity index (χ2n) is 7.42. The van der Waals surface area contributed by atoms with Crippen molar-refractivity contribution in [2.75, 3.05) is 22.8 Å². The Morgan fingerprint density at radius 3 is 2.21 bits per heavy atom. The van der Waals surface area contributed by atoms with Crippen LogP contribution in [0.3, 0.4) is 0 Å². The zero-order valence-electron chi connectivity index (χ0n) is 18.6. The Balaban J connectivity index is 1.76. The summed E-state index contributed by atoms with van der Waals surface area (Å²) >= 11 is 5.95. The van der Waals surface area contributed by atoms with Crippen molar-refractivity contribution in [3.05, 3.63) is 89.4 Å². The molecule has 0 fully saturated rings. The third kappa shape index (κ3) is 6.59. The number of hydrogen-bond acceptors (Lipinski definition) is 5. The van der Waals surface area contributed by atoms with E-state index in [1.165, 1.54) is 24.3 Å². The highest BCUT2D eigenvalue weighted by atomic mass is 35.5. The van der Waals surface area contributed by atoms with E-state index in [0.29, 0.717) is 28.6 Å². The molecule has 0 spiro atoms. The van der Waals surface area contributed by atoms with Gasteiger partial charge in [0, 0.05) is 10.7 Å². The van der Waals surface area contributed by atoms with Crippen molar-refractivity contribution in [3.63, 3.8) is 0 Å².